The Morgan fingerprint density at radius 3 is 1.95 bits per heavy atom. The van der Waals surface area contributed by atoms with E-state index in [1.807, 2.05) is 0 Å². The van der Waals surface area contributed by atoms with E-state index in [-0.39, 0.29) is 0 Å². The predicted molar refractivity (Wildman–Crippen MR) is 173 cm³/mol. The van der Waals surface area contributed by atoms with Crippen LogP contribution in [-0.2, 0) is 9.31 Å². The molecule has 202 valence electrons. The van der Waals surface area contributed by atoms with Crippen LogP contribution in [0.1, 0.15) is 27.7 Å². The smallest absolute Gasteiger partial charge is 0.456 e. The Bertz CT molecular complexity index is 2580. The second kappa shape index (κ2) is 7.27. The molecule has 0 bridgehead atoms. The first-order chi connectivity index (χ1) is 20.3. The van der Waals surface area contributed by atoms with Gasteiger partial charge in [-0.05, 0) is 75.6 Å². The standard InChI is InChI=1S/C36H27BN2O3/c1-35(2)36(3,4)42-37(41-35)23-12-8-14-25-30(23)22-18-19-29-32-31-26(15-9-17-28(31)40-29)38-24-13-6-5-10-20(24)21-11-7-16-27(33(21)38)39(25)34(22)32/h5-19H,1-4H3. The highest BCUT2D eigenvalue weighted by Gasteiger charge is 2.52. The van der Waals surface area contributed by atoms with Gasteiger partial charge in [0, 0.05) is 21.5 Å². The lowest BCUT2D eigenvalue weighted by atomic mass is 9.76. The van der Waals surface area contributed by atoms with Crippen LogP contribution in [0.4, 0.5) is 0 Å². The Kier molecular flexibility index (Phi) is 4.00. The molecule has 42 heavy (non-hydrogen) atoms. The first-order valence-electron chi connectivity index (χ1n) is 14.6. The SMILES string of the molecule is CC1(C)OB(c2cccc3c2c2ccc4oc5cccc6c5c4c2n3c2cccc3c4ccccc4n6c32)OC1(C)C. The van der Waals surface area contributed by atoms with Gasteiger partial charge >= 0.3 is 7.12 Å². The molecule has 1 aliphatic heterocycles. The fourth-order valence-electron chi connectivity index (χ4n) is 7.50. The first-order valence-corrected chi connectivity index (χ1v) is 14.6. The molecule has 0 N–H and O–H groups in total. The fraction of sp³-hybridized carbons (Fsp3) is 0.167. The average molecular weight is 546 g/mol. The Labute approximate surface area is 241 Å². The summed E-state index contributed by atoms with van der Waals surface area (Å²) in [6.45, 7) is 8.45. The summed E-state index contributed by atoms with van der Waals surface area (Å²) in [6, 6.07) is 32.7. The van der Waals surface area contributed by atoms with Crippen LogP contribution in [0, 0.1) is 0 Å². The van der Waals surface area contributed by atoms with E-state index in [9.17, 15) is 0 Å². The van der Waals surface area contributed by atoms with Crippen molar-refractivity contribution in [2.45, 2.75) is 38.9 Å². The molecule has 0 atom stereocenters. The predicted octanol–water partition coefficient (Wildman–Crippen LogP) is 8.44. The van der Waals surface area contributed by atoms with E-state index in [0.29, 0.717) is 0 Å². The molecule has 0 unspecified atom stereocenters. The highest BCUT2D eigenvalue weighted by molar-refractivity contribution is 6.66. The second-order valence-electron chi connectivity index (χ2n) is 12.8. The van der Waals surface area contributed by atoms with Gasteiger partial charge in [0.15, 0.2) is 0 Å². The van der Waals surface area contributed by atoms with Gasteiger partial charge < -0.3 is 22.5 Å². The summed E-state index contributed by atoms with van der Waals surface area (Å²) in [6.07, 6.45) is 0. The van der Waals surface area contributed by atoms with Crippen molar-refractivity contribution in [3.63, 3.8) is 0 Å². The number of nitrogens with zero attached hydrogens (tertiary/aromatic N) is 2. The Hall–Kier alpha value is -4.52. The zero-order chi connectivity index (χ0) is 28.1. The summed E-state index contributed by atoms with van der Waals surface area (Å²) in [5.41, 5.74) is 8.90. The Balaban J connectivity index is 1.53. The molecule has 10 rings (SSSR count). The van der Waals surface area contributed by atoms with E-state index in [1.165, 1.54) is 27.2 Å². The van der Waals surface area contributed by atoms with Crippen molar-refractivity contribution in [3.8, 4) is 0 Å². The van der Waals surface area contributed by atoms with Crippen molar-refractivity contribution in [2.75, 3.05) is 0 Å². The van der Waals surface area contributed by atoms with Gasteiger partial charge in [0.25, 0.3) is 0 Å². The van der Waals surface area contributed by atoms with Crippen LogP contribution in [0.5, 0.6) is 0 Å². The summed E-state index contributed by atoms with van der Waals surface area (Å²) >= 11 is 0. The molecule has 6 heteroatoms. The maximum absolute atomic E-state index is 6.63. The zero-order valence-corrected chi connectivity index (χ0v) is 23.9. The quantitative estimate of drug-likeness (QED) is 0.194. The molecule has 5 aromatic carbocycles. The minimum Gasteiger partial charge on any atom is -0.456 e. The van der Waals surface area contributed by atoms with Gasteiger partial charge in [-0.25, -0.2) is 0 Å². The number of benzene rings is 5. The molecule has 5 heterocycles. The molecular weight excluding hydrogens is 519 g/mol. The van der Waals surface area contributed by atoms with E-state index < -0.39 is 18.3 Å². The van der Waals surface area contributed by atoms with Crippen molar-refractivity contribution in [3.05, 3.63) is 91.0 Å². The molecule has 0 amide bonds. The van der Waals surface area contributed by atoms with Crippen LogP contribution in [0.25, 0.3) is 76.6 Å². The van der Waals surface area contributed by atoms with Crippen LogP contribution in [-0.4, -0.2) is 27.1 Å². The van der Waals surface area contributed by atoms with E-state index in [1.54, 1.807) is 0 Å². The highest BCUT2D eigenvalue weighted by atomic mass is 16.7. The molecule has 4 aromatic heterocycles. The molecule has 0 aliphatic carbocycles. The number of rotatable bonds is 1. The fourth-order valence-corrected chi connectivity index (χ4v) is 7.50. The maximum atomic E-state index is 6.63. The molecule has 5 nitrogen and oxygen atoms in total. The third-order valence-corrected chi connectivity index (χ3v) is 10.1. The average Bonchev–Trinajstić information content (AvgIpc) is 3.67. The van der Waals surface area contributed by atoms with Crippen molar-refractivity contribution < 1.29 is 13.7 Å². The zero-order valence-electron chi connectivity index (χ0n) is 23.9. The van der Waals surface area contributed by atoms with Crippen LogP contribution < -0.4 is 5.46 Å². The number of fused-ring (bicyclic) bond motifs is 8. The largest absolute Gasteiger partial charge is 0.495 e. The van der Waals surface area contributed by atoms with Gasteiger partial charge in [-0.1, -0.05) is 48.5 Å². The van der Waals surface area contributed by atoms with Crippen molar-refractivity contribution >= 4 is 89.2 Å². The first kappa shape index (κ1) is 23.1. The summed E-state index contributed by atoms with van der Waals surface area (Å²) in [4.78, 5) is 0. The minimum absolute atomic E-state index is 0.434. The van der Waals surface area contributed by atoms with Gasteiger partial charge in [-0.3, -0.25) is 0 Å². The molecule has 0 radical (unpaired) electrons. The molecule has 9 aromatic rings. The minimum atomic E-state index is -0.475. The lowest BCUT2D eigenvalue weighted by molar-refractivity contribution is 0.00578. The number of hydrogen-bond donors (Lipinski definition) is 0. The summed E-state index contributed by atoms with van der Waals surface area (Å²) in [5, 5.41) is 7.06. The number of para-hydroxylation sites is 2. The van der Waals surface area contributed by atoms with Crippen molar-refractivity contribution in [1.82, 2.24) is 8.80 Å². The normalized spacial score (nSPS) is 17.2. The number of furan rings is 1. The Morgan fingerprint density at radius 1 is 0.500 bits per heavy atom. The van der Waals surface area contributed by atoms with Crippen LogP contribution in [0.3, 0.4) is 0 Å². The molecule has 0 saturated carbocycles. The van der Waals surface area contributed by atoms with Gasteiger partial charge in [0.2, 0.25) is 0 Å². The van der Waals surface area contributed by atoms with Gasteiger partial charge in [0.1, 0.15) is 11.2 Å². The third-order valence-electron chi connectivity index (χ3n) is 10.1. The molecule has 0 spiro atoms. The van der Waals surface area contributed by atoms with Gasteiger partial charge in [0.05, 0.1) is 55.1 Å². The van der Waals surface area contributed by atoms with Crippen molar-refractivity contribution in [2.24, 2.45) is 0 Å². The summed E-state index contributed by atoms with van der Waals surface area (Å²) in [5.74, 6) is 0. The topological polar surface area (TPSA) is 40.4 Å². The van der Waals surface area contributed by atoms with Crippen molar-refractivity contribution in [1.29, 1.82) is 0 Å². The van der Waals surface area contributed by atoms with E-state index >= 15 is 0 Å². The van der Waals surface area contributed by atoms with Gasteiger partial charge in [-0.2, -0.15) is 0 Å². The molecule has 1 aliphatic rings. The van der Waals surface area contributed by atoms with E-state index in [4.69, 9.17) is 13.7 Å². The second-order valence-corrected chi connectivity index (χ2v) is 12.8. The lowest BCUT2D eigenvalue weighted by Crippen LogP contribution is -2.41. The molecule has 1 fully saturated rings. The highest BCUT2D eigenvalue weighted by Crippen LogP contribution is 2.45. The third kappa shape index (κ3) is 2.56. The lowest BCUT2D eigenvalue weighted by Gasteiger charge is -2.32. The monoisotopic (exact) mass is 546 g/mol. The summed E-state index contributed by atoms with van der Waals surface area (Å²) < 4.78 is 24.7. The van der Waals surface area contributed by atoms with Crippen LogP contribution in [0.15, 0.2) is 95.4 Å². The number of aromatic nitrogens is 2. The molecule has 1 saturated heterocycles. The number of hydrogen-bond acceptors (Lipinski definition) is 3. The van der Waals surface area contributed by atoms with E-state index in [0.717, 1.165) is 54.9 Å². The Morgan fingerprint density at radius 2 is 1.12 bits per heavy atom. The molecular formula is C36H27BN2O3. The van der Waals surface area contributed by atoms with Gasteiger partial charge in [-0.15, -0.1) is 0 Å². The van der Waals surface area contributed by atoms with E-state index in [2.05, 4.69) is 127 Å². The summed E-state index contributed by atoms with van der Waals surface area (Å²) in [7, 11) is -0.475. The van der Waals surface area contributed by atoms with Crippen LogP contribution >= 0.6 is 0 Å². The van der Waals surface area contributed by atoms with Crippen LogP contribution in [0.2, 0.25) is 0 Å². The maximum Gasteiger partial charge on any atom is 0.495 e.